The number of likely N-dealkylation sites (tertiary alicyclic amines) is 2. The molecular weight excluding hydrogens is 1090 g/mol. The van der Waals surface area contributed by atoms with Crippen LogP contribution in [0.15, 0.2) is 95.0 Å². The maximum absolute atomic E-state index is 12.8. The first-order valence-corrected chi connectivity index (χ1v) is 28.9. The van der Waals surface area contributed by atoms with E-state index in [4.69, 9.17) is 40.5 Å². The molecule has 4 heterocycles. The average Bonchev–Trinajstić information content (AvgIpc) is 3.38. The van der Waals surface area contributed by atoms with Crippen molar-refractivity contribution in [1.29, 1.82) is 0 Å². The number of benzene rings is 4. The summed E-state index contributed by atoms with van der Waals surface area (Å²) < 4.78 is 50.4. The minimum atomic E-state index is -3.57. The van der Waals surface area contributed by atoms with E-state index < -0.39 is 30.2 Å². The number of hydrogen-bond acceptors (Lipinski definition) is 18. The Balaban J connectivity index is 0.000000207. The van der Waals surface area contributed by atoms with E-state index in [1.165, 1.54) is 36.7 Å². The van der Waals surface area contributed by atoms with Crippen LogP contribution < -0.4 is 21.7 Å². The van der Waals surface area contributed by atoms with E-state index in [9.17, 15) is 37.1 Å². The van der Waals surface area contributed by atoms with Gasteiger partial charge in [-0.1, -0.05) is 47.5 Å². The summed E-state index contributed by atoms with van der Waals surface area (Å²) >= 11 is 18.0. The van der Waals surface area contributed by atoms with E-state index in [1.54, 1.807) is 64.1 Å². The first kappa shape index (κ1) is 60.0. The fourth-order valence-electron chi connectivity index (χ4n) is 8.67. The Bertz CT molecular complexity index is 3340. The molecule has 0 aliphatic carbocycles. The number of aryl methyl sites for hydroxylation is 2. The molecule has 0 amide bonds. The fourth-order valence-corrected chi connectivity index (χ4v) is 11.5. The molecule has 2 fully saturated rings. The lowest BCUT2D eigenvalue weighted by atomic mass is 9.87. The molecule has 0 atom stereocenters. The van der Waals surface area contributed by atoms with Gasteiger partial charge in [-0.3, -0.25) is 20.2 Å². The number of halogens is 3. The third-order valence-electron chi connectivity index (χ3n) is 13.3. The number of nitro groups is 2. The molecule has 77 heavy (non-hydrogen) atoms. The van der Waals surface area contributed by atoms with Gasteiger partial charge in [-0.25, -0.2) is 26.8 Å². The molecule has 8 rings (SSSR count). The summed E-state index contributed by atoms with van der Waals surface area (Å²) in [7, 11) is -2.86. The number of piperidine rings is 2. The number of nitrogens with two attached hydrogens (primary N) is 1. The van der Waals surface area contributed by atoms with Crippen molar-refractivity contribution in [3.05, 3.63) is 143 Å². The van der Waals surface area contributed by atoms with Gasteiger partial charge in [0.15, 0.2) is 31.3 Å². The van der Waals surface area contributed by atoms with Crippen LogP contribution in [-0.4, -0.2) is 107 Å². The standard InChI is InChI=1S/C26H31ClN6O4S.C13H13Cl2N3O2S.C13H19N3O2/c1-16(2)38(36,37)24-8-6-5-7-21(24)29-25-20(27)15-28-26(31-25)30-22-14-23(33(34)35)19(13-17(22)3)18-9-11-32(4)12-10-18;1-8(2)21(19,20)11-6-4-3-5-10(11)17-12-9(14)7-16-13(15)18-12;1-9-7-11(10-3-5-15(2)6-4-10)13(16(17)18)8-12(9)14/h5-8,13-16,18H,9-12H2,1-4H3,(H2,28,29,30,31);3-8H,1-2H3,(H,16,17,18);7-8,10H,3-6,14H2,1-2H3. The first-order chi connectivity index (χ1) is 36.3. The minimum Gasteiger partial charge on any atom is -0.398 e. The van der Waals surface area contributed by atoms with Gasteiger partial charge in [-0.05, 0) is 178 Å². The number of nitrogens with one attached hydrogen (secondary N) is 3. The molecule has 0 unspecified atom stereocenters. The number of nitro benzene ring substituents is 2. The fraction of sp³-hybridized carbons (Fsp3) is 0.385. The monoisotopic (exact) mass is 1150 g/mol. The van der Waals surface area contributed by atoms with E-state index in [-0.39, 0.29) is 75.8 Å². The van der Waals surface area contributed by atoms with Crippen LogP contribution >= 0.6 is 34.8 Å². The number of sulfone groups is 2. The second-order valence-corrected chi connectivity index (χ2v) is 25.5. The van der Waals surface area contributed by atoms with Gasteiger partial charge in [-0.15, -0.1) is 0 Å². The molecule has 2 aromatic heterocycles. The maximum Gasteiger partial charge on any atom is 0.274 e. The van der Waals surface area contributed by atoms with Crippen molar-refractivity contribution in [3.8, 4) is 0 Å². The molecule has 20 nitrogen and oxygen atoms in total. The van der Waals surface area contributed by atoms with Crippen molar-refractivity contribution < 1.29 is 26.7 Å². The highest BCUT2D eigenvalue weighted by Crippen LogP contribution is 2.40. The highest BCUT2D eigenvalue weighted by Gasteiger charge is 2.29. The summed E-state index contributed by atoms with van der Waals surface area (Å²) in [6.07, 6.45) is 6.41. The quantitative estimate of drug-likeness (QED) is 0.0341. The second-order valence-electron chi connectivity index (χ2n) is 19.4. The minimum absolute atomic E-state index is 0.0195. The molecule has 412 valence electrons. The van der Waals surface area contributed by atoms with Crippen LogP contribution in [0.3, 0.4) is 0 Å². The normalized spacial score (nSPS) is 14.8. The van der Waals surface area contributed by atoms with Gasteiger partial charge in [0.2, 0.25) is 11.2 Å². The van der Waals surface area contributed by atoms with Crippen molar-refractivity contribution in [2.75, 3.05) is 62.0 Å². The van der Waals surface area contributed by atoms with Crippen molar-refractivity contribution in [2.24, 2.45) is 0 Å². The van der Waals surface area contributed by atoms with Crippen LogP contribution in [-0.2, 0) is 19.7 Å². The molecule has 5 N–H and O–H groups in total. The average molecular weight is 1150 g/mol. The van der Waals surface area contributed by atoms with Gasteiger partial charge in [0.1, 0.15) is 10.0 Å². The van der Waals surface area contributed by atoms with Gasteiger partial charge in [0, 0.05) is 28.9 Å². The van der Waals surface area contributed by atoms with E-state index in [0.717, 1.165) is 74.1 Å². The Morgan fingerprint density at radius 2 is 1.03 bits per heavy atom. The van der Waals surface area contributed by atoms with Crippen molar-refractivity contribution in [1.82, 2.24) is 29.7 Å². The Morgan fingerprint density at radius 3 is 1.48 bits per heavy atom. The van der Waals surface area contributed by atoms with Gasteiger partial charge >= 0.3 is 0 Å². The lowest BCUT2D eigenvalue weighted by Gasteiger charge is -2.29. The van der Waals surface area contributed by atoms with Gasteiger partial charge in [0.05, 0.1) is 59.6 Å². The van der Waals surface area contributed by atoms with Gasteiger partial charge < -0.3 is 31.5 Å². The number of hydrogen-bond donors (Lipinski definition) is 4. The molecule has 25 heteroatoms. The topological polar surface area (TPSA) is 275 Å². The molecule has 2 aliphatic rings. The number of anilines is 7. The van der Waals surface area contributed by atoms with E-state index in [2.05, 4.69) is 59.8 Å². The molecule has 2 saturated heterocycles. The SMILES string of the molecule is CC(C)S(=O)(=O)c1ccccc1Nc1nc(Cl)ncc1Cl.Cc1cc(C2CCN(C)CC2)c([N+](=O)[O-])cc1N.Cc1cc(C2CCN(C)CC2)c([N+](=O)[O-])cc1Nc1ncc(Cl)c(Nc2ccccc2S(=O)(=O)C(C)C)n1. The highest BCUT2D eigenvalue weighted by atomic mass is 35.5. The Kier molecular flexibility index (Phi) is 20.2. The molecule has 0 spiro atoms. The number of nitrogen functional groups attached to an aromatic ring is 1. The molecule has 0 saturated carbocycles. The molecular formula is C52H63Cl3N12O8S2. The summed E-state index contributed by atoms with van der Waals surface area (Å²) in [5.41, 5.74) is 11.1. The lowest BCUT2D eigenvalue weighted by Crippen LogP contribution is -2.29. The van der Waals surface area contributed by atoms with Crippen molar-refractivity contribution in [3.63, 3.8) is 0 Å². The van der Waals surface area contributed by atoms with Crippen molar-refractivity contribution >= 4 is 106 Å². The van der Waals surface area contributed by atoms with E-state index in [0.29, 0.717) is 22.7 Å². The molecule has 2 aliphatic heterocycles. The van der Waals surface area contributed by atoms with Crippen LogP contribution in [0.2, 0.25) is 15.3 Å². The predicted octanol–water partition coefficient (Wildman–Crippen LogP) is 11.8. The third kappa shape index (κ3) is 15.1. The third-order valence-corrected chi connectivity index (χ3v) is 18.5. The molecule has 4 aromatic carbocycles. The first-order valence-electron chi connectivity index (χ1n) is 24.7. The zero-order chi connectivity index (χ0) is 56.5. The van der Waals surface area contributed by atoms with E-state index in [1.807, 2.05) is 26.0 Å². The Hall–Kier alpha value is -6.27. The van der Waals surface area contributed by atoms with Crippen LogP contribution in [0.25, 0.3) is 0 Å². The molecule has 0 radical (unpaired) electrons. The van der Waals surface area contributed by atoms with Gasteiger partial charge in [-0.2, -0.15) is 9.97 Å². The number of rotatable bonds is 14. The summed E-state index contributed by atoms with van der Waals surface area (Å²) in [4.78, 5) is 43.6. The summed E-state index contributed by atoms with van der Waals surface area (Å²) in [6, 6.07) is 19.9. The predicted molar refractivity (Wildman–Crippen MR) is 305 cm³/mol. The van der Waals surface area contributed by atoms with Crippen LogP contribution in [0.1, 0.15) is 87.5 Å². The molecule has 6 aromatic rings. The number of aromatic nitrogens is 4. The van der Waals surface area contributed by atoms with Crippen LogP contribution in [0, 0.1) is 34.1 Å². The Morgan fingerprint density at radius 1 is 0.610 bits per heavy atom. The zero-order valence-electron chi connectivity index (χ0n) is 43.9. The molecule has 0 bridgehead atoms. The lowest BCUT2D eigenvalue weighted by molar-refractivity contribution is -0.385. The van der Waals surface area contributed by atoms with Crippen LogP contribution in [0.4, 0.5) is 51.7 Å². The summed E-state index contributed by atoms with van der Waals surface area (Å²) in [5.74, 6) is 1.02. The number of nitrogens with zero attached hydrogens (tertiary/aromatic N) is 8. The van der Waals surface area contributed by atoms with E-state index >= 15 is 0 Å². The Labute approximate surface area is 464 Å². The van der Waals surface area contributed by atoms with Crippen LogP contribution in [0.5, 0.6) is 0 Å². The van der Waals surface area contributed by atoms with Crippen molar-refractivity contribution in [2.45, 2.75) is 99.4 Å². The van der Waals surface area contributed by atoms with Gasteiger partial charge in [0.25, 0.3) is 11.4 Å². The zero-order valence-corrected chi connectivity index (χ0v) is 47.8. The largest absolute Gasteiger partial charge is 0.398 e. The summed E-state index contributed by atoms with van der Waals surface area (Å²) in [5, 5.41) is 31.4. The highest BCUT2D eigenvalue weighted by molar-refractivity contribution is 7.92. The maximum atomic E-state index is 12.8. The number of para-hydroxylation sites is 2. The summed E-state index contributed by atoms with van der Waals surface area (Å²) in [6.45, 7) is 14.0. The smallest absolute Gasteiger partial charge is 0.274 e. The second kappa shape index (κ2) is 25.9.